The van der Waals surface area contributed by atoms with Crippen LogP contribution in [-0.2, 0) is 0 Å². The summed E-state index contributed by atoms with van der Waals surface area (Å²) in [4.78, 5) is 7.84. The van der Waals surface area contributed by atoms with E-state index in [0.717, 1.165) is 11.1 Å². The van der Waals surface area contributed by atoms with Crippen molar-refractivity contribution < 1.29 is 0 Å². The van der Waals surface area contributed by atoms with Gasteiger partial charge in [-0.15, -0.1) is 0 Å². The molecule has 1 aromatic carbocycles. The summed E-state index contributed by atoms with van der Waals surface area (Å²) in [5, 5.41) is 1.29. The predicted molar refractivity (Wildman–Crippen MR) is 57.5 cm³/mol. The van der Waals surface area contributed by atoms with Crippen LogP contribution in [0.1, 0.15) is 0 Å². The van der Waals surface area contributed by atoms with Crippen molar-refractivity contribution in [1.29, 1.82) is 0 Å². The van der Waals surface area contributed by atoms with E-state index in [9.17, 15) is 0 Å². The molecular formula is C10H6Cl2N2. The summed E-state index contributed by atoms with van der Waals surface area (Å²) in [5.41, 5.74) is 1.71. The smallest absolute Gasteiger partial charge is 0.115 e. The first-order chi connectivity index (χ1) is 6.77. The van der Waals surface area contributed by atoms with Gasteiger partial charge in [-0.2, -0.15) is 0 Å². The largest absolute Gasteiger partial charge is 0.244 e. The molecule has 0 spiro atoms. The molecule has 0 atom stereocenters. The average molecular weight is 225 g/mol. The van der Waals surface area contributed by atoms with E-state index in [4.69, 9.17) is 23.2 Å². The van der Waals surface area contributed by atoms with Gasteiger partial charge in [0.2, 0.25) is 0 Å². The third-order valence-electron chi connectivity index (χ3n) is 1.80. The molecule has 0 saturated heterocycles. The lowest BCUT2D eigenvalue weighted by atomic mass is 10.1. The fraction of sp³-hybridized carbons (Fsp3) is 0. The van der Waals surface area contributed by atoms with E-state index in [-0.39, 0.29) is 0 Å². The van der Waals surface area contributed by atoms with Gasteiger partial charge in [0.15, 0.2) is 0 Å². The van der Waals surface area contributed by atoms with Gasteiger partial charge in [0.05, 0.1) is 0 Å². The summed E-state index contributed by atoms with van der Waals surface area (Å²) in [6.07, 6.45) is 4.87. The molecule has 2 rings (SSSR count). The Labute approximate surface area is 91.5 Å². The Morgan fingerprint density at radius 3 is 2.43 bits per heavy atom. The van der Waals surface area contributed by atoms with Crippen molar-refractivity contribution in [1.82, 2.24) is 9.97 Å². The number of halogens is 2. The number of rotatable bonds is 1. The fourth-order valence-corrected chi connectivity index (χ4v) is 1.56. The molecule has 1 heterocycles. The van der Waals surface area contributed by atoms with Crippen molar-refractivity contribution in [2.45, 2.75) is 0 Å². The van der Waals surface area contributed by atoms with Crippen molar-refractivity contribution >= 4 is 23.2 Å². The Balaban J connectivity index is 2.57. The Hall–Kier alpha value is -1.12. The minimum Gasteiger partial charge on any atom is -0.244 e. The normalized spacial score (nSPS) is 10.1. The Kier molecular flexibility index (Phi) is 2.66. The number of nitrogens with zero attached hydrogens (tertiary/aromatic N) is 2. The Morgan fingerprint density at radius 1 is 1.00 bits per heavy atom. The predicted octanol–water partition coefficient (Wildman–Crippen LogP) is 3.45. The van der Waals surface area contributed by atoms with Crippen molar-refractivity contribution in [3.05, 3.63) is 47.0 Å². The topological polar surface area (TPSA) is 25.8 Å². The molecular weight excluding hydrogens is 219 g/mol. The van der Waals surface area contributed by atoms with Gasteiger partial charge in [-0.25, -0.2) is 9.97 Å². The molecule has 1 aromatic heterocycles. The van der Waals surface area contributed by atoms with Crippen LogP contribution < -0.4 is 0 Å². The zero-order valence-electron chi connectivity index (χ0n) is 7.11. The van der Waals surface area contributed by atoms with Crippen LogP contribution in [0.3, 0.4) is 0 Å². The number of hydrogen-bond acceptors (Lipinski definition) is 2. The minimum absolute atomic E-state index is 0.643. The van der Waals surface area contributed by atoms with Crippen molar-refractivity contribution in [2.24, 2.45) is 0 Å². The molecule has 70 valence electrons. The summed E-state index contributed by atoms with van der Waals surface area (Å²) in [5.74, 6) is 0. The third kappa shape index (κ3) is 1.86. The van der Waals surface area contributed by atoms with Crippen LogP contribution in [0.15, 0.2) is 36.9 Å². The first-order valence-corrected chi connectivity index (χ1v) is 4.73. The molecule has 14 heavy (non-hydrogen) atoms. The quantitative estimate of drug-likeness (QED) is 0.742. The summed E-state index contributed by atoms with van der Waals surface area (Å²) in [6.45, 7) is 0. The standard InChI is InChI=1S/C10H6Cl2N2/c11-8-1-2-10(12)9(3-8)7-4-13-6-14-5-7/h1-6H. The summed E-state index contributed by atoms with van der Waals surface area (Å²) >= 11 is 11.9. The maximum Gasteiger partial charge on any atom is 0.115 e. The van der Waals surface area contributed by atoms with Crippen LogP contribution in [0.25, 0.3) is 11.1 Å². The fourth-order valence-electron chi connectivity index (χ4n) is 1.16. The minimum atomic E-state index is 0.643. The average Bonchev–Trinajstić information content (AvgIpc) is 2.23. The van der Waals surface area contributed by atoms with E-state index in [1.807, 2.05) is 0 Å². The molecule has 0 bridgehead atoms. The molecule has 0 fully saturated rings. The molecule has 0 unspecified atom stereocenters. The summed E-state index contributed by atoms with van der Waals surface area (Å²) in [7, 11) is 0. The first kappa shape index (κ1) is 9.44. The van der Waals surface area contributed by atoms with E-state index in [0.29, 0.717) is 10.0 Å². The monoisotopic (exact) mass is 224 g/mol. The van der Waals surface area contributed by atoms with E-state index in [1.54, 1.807) is 30.6 Å². The molecule has 0 amide bonds. The molecule has 0 aliphatic heterocycles. The number of benzene rings is 1. The van der Waals surface area contributed by atoms with Gasteiger partial charge in [0.1, 0.15) is 6.33 Å². The maximum absolute atomic E-state index is 6.02. The molecule has 0 aliphatic carbocycles. The molecule has 0 aliphatic rings. The van der Waals surface area contributed by atoms with Gasteiger partial charge in [-0.3, -0.25) is 0 Å². The first-order valence-electron chi connectivity index (χ1n) is 3.98. The van der Waals surface area contributed by atoms with Gasteiger partial charge in [0.25, 0.3) is 0 Å². The van der Waals surface area contributed by atoms with Crippen LogP contribution >= 0.6 is 23.2 Å². The van der Waals surface area contributed by atoms with Gasteiger partial charge in [-0.1, -0.05) is 23.2 Å². The van der Waals surface area contributed by atoms with Crippen LogP contribution in [0.4, 0.5) is 0 Å². The highest BCUT2D eigenvalue weighted by Gasteiger charge is 2.03. The third-order valence-corrected chi connectivity index (χ3v) is 2.36. The van der Waals surface area contributed by atoms with E-state index >= 15 is 0 Å². The summed E-state index contributed by atoms with van der Waals surface area (Å²) < 4.78 is 0. The van der Waals surface area contributed by atoms with Crippen molar-refractivity contribution in [2.75, 3.05) is 0 Å². The molecule has 0 saturated carbocycles. The van der Waals surface area contributed by atoms with Crippen LogP contribution in [0, 0.1) is 0 Å². The van der Waals surface area contributed by atoms with Gasteiger partial charge in [-0.05, 0) is 18.2 Å². The maximum atomic E-state index is 6.02. The SMILES string of the molecule is Clc1ccc(Cl)c(-c2cncnc2)c1. The van der Waals surface area contributed by atoms with Gasteiger partial charge in [0, 0.05) is 33.6 Å². The second kappa shape index (κ2) is 3.95. The highest BCUT2D eigenvalue weighted by Crippen LogP contribution is 2.29. The number of hydrogen-bond donors (Lipinski definition) is 0. The van der Waals surface area contributed by atoms with Crippen LogP contribution in [-0.4, -0.2) is 9.97 Å². The van der Waals surface area contributed by atoms with Gasteiger partial charge >= 0.3 is 0 Å². The second-order valence-electron chi connectivity index (χ2n) is 2.75. The Morgan fingerprint density at radius 2 is 1.71 bits per heavy atom. The van der Waals surface area contributed by atoms with E-state index in [2.05, 4.69) is 9.97 Å². The van der Waals surface area contributed by atoms with Gasteiger partial charge < -0.3 is 0 Å². The highest BCUT2D eigenvalue weighted by molar-refractivity contribution is 6.35. The van der Waals surface area contributed by atoms with Crippen molar-refractivity contribution in [3.8, 4) is 11.1 Å². The molecule has 4 heteroatoms. The Bertz CT molecular complexity index is 443. The number of aromatic nitrogens is 2. The molecule has 2 nitrogen and oxygen atoms in total. The summed E-state index contributed by atoms with van der Waals surface area (Å²) in [6, 6.07) is 5.30. The lowest BCUT2D eigenvalue weighted by molar-refractivity contribution is 1.17. The molecule has 2 aromatic rings. The lowest BCUT2D eigenvalue weighted by Crippen LogP contribution is -1.83. The van der Waals surface area contributed by atoms with E-state index < -0.39 is 0 Å². The van der Waals surface area contributed by atoms with Crippen LogP contribution in [0.2, 0.25) is 10.0 Å². The lowest BCUT2D eigenvalue weighted by Gasteiger charge is -2.03. The van der Waals surface area contributed by atoms with E-state index in [1.165, 1.54) is 6.33 Å². The highest BCUT2D eigenvalue weighted by atomic mass is 35.5. The zero-order valence-corrected chi connectivity index (χ0v) is 8.63. The molecule has 0 radical (unpaired) electrons. The second-order valence-corrected chi connectivity index (χ2v) is 3.59. The van der Waals surface area contributed by atoms with Crippen LogP contribution in [0.5, 0.6) is 0 Å². The zero-order chi connectivity index (χ0) is 9.97. The van der Waals surface area contributed by atoms with Crippen molar-refractivity contribution in [3.63, 3.8) is 0 Å². The molecule has 0 N–H and O–H groups in total.